The Balaban J connectivity index is 1.74. The van der Waals surface area contributed by atoms with Crippen molar-refractivity contribution in [2.24, 2.45) is 0 Å². The maximum Gasteiger partial charge on any atom is 0.278 e. The average molecular weight is 370 g/mol. The van der Waals surface area contributed by atoms with Gasteiger partial charge in [0.25, 0.3) is 11.8 Å². The van der Waals surface area contributed by atoms with Crippen LogP contribution in [0.5, 0.6) is 11.5 Å². The number of hydrogen-bond acceptors (Lipinski definition) is 6. The van der Waals surface area contributed by atoms with Crippen molar-refractivity contribution < 1.29 is 19.1 Å². The first kappa shape index (κ1) is 16.7. The van der Waals surface area contributed by atoms with E-state index in [9.17, 15) is 9.59 Å². The first-order valence-corrected chi connectivity index (χ1v) is 9.27. The molecule has 134 valence electrons. The molecule has 0 aliphatic carbocycles. The highest BCUT2D eigenvalue weighted by Crippen LogP contribution is 2.36. The van der Waals surface area contributed by atoms with E-state index in [2.05, 4.69) is 5.32 Å². The number of nitrogens with one attached hydrogen (secondary N) is 1. The Kier molecular flexibility index (Phi) is 4.16. The third-order valence-electron chi connectivity index (χ3n) is 4.21. The number of carbonyl (C=O) groups excluding carboxylic acids is 2. The van der Waals surface area contributed by atoms with Crippen LogP contribution in [0, 0.1) is 0 Å². The Morgan fingerprint density at radius 2 is 1.85 bits per heavy atom. The maximum atomic E-state index is 12.9. The van der Waals surface area contributed by atoms with Crippen LogP contribution in [0.4, 0.5) is 5.69 Å². The number of amides is 2. The molecular weight excluding hydrogens is 352 g/mol. The quantitative estimate of drug-likeness (QED) is 0.838. The largest absolute Gasteiger partial charge is 0.486 e. The van der Waals surface area contributed by atoms with Crippen LogP contribution < -0.4 is 14.8 Å². The first-order chi connectivity index (χ1) is 12.6. The standard InChI is InChI=1S/C19H18N2O4S/c1-11(2)21-18(22)16(15-4-3-9-26-15)17(19(21)23)20-12-5-6-13-14(10-12)25-8-7-24-13/h3-6,9-11,20H,7-8H2,1-2H3. The van der Waals surface area contributed by atoms with Crippen LogP contribution in [0.25, 0.3) is 5.57 Å². The van der Waals surface area contributed by atoms with Crippen LogP contribution in [0.3, 0.4) is 0 Å². The summed E-state index contributed by atoms with van der Waals surface area (Å²) >= 11 is 1.43. The van der Waals surface area contributed by atoms with E-state index in [0.29, 0.717) is 41.7 Å². The van der Waals surface area contributed by atoms with Gasteiger partial charge in [0.2, 0.25) is 0 Å². The van der Waals surface area contributed by atoms with Gasteiger partial charge in [0, 0.05) is 22.7 Å². The van der Waals surface area contributed by atoms with Crippen LogP contribution >= 0.6 is 11.3 Å². The Morgan fingerprint density at radius 1 is 1.08 bits per heavy atom. The van der Waals surface area contributed by atoms with Crippen LogP contribution in [0.1, 0.15) is 18.7 Å². The Morgan fingerprint density at radius 3 is 2.54 bits per heavy atom. The van der Waals surface area contributed by atoms with Gasteiger partial charge < -0.3 is 14.8 Å². The van der Waals surface area contributed by atoms with Crippen LogP contribution in [-0.2, 0) is 9.59 Å². The summed E-state index contributed by atoms with van der Waals surface area (Å²) < 4.78 is 11.1. The van der Waals surface area contributed by atoms with E-state index in [1.165, 1.54) is 16.2 Å². The number of hydrogen-bond donors (Lipinski definition) is 1. The summed E-state index contributed by atoms with van der Waals surface area (Å²) in [5, 5.41) is 5.02. The molecule has 3 heterocycles. The lowest BCUT2D eigenvalue weighted by Crippen LogP contribution is -2.38. The van der Waals surface area contributed by atoms with E-state index in [0.717, 1.165) is 4.88 Å². The normalized spacial score (nSPS) is 16.7. The highest BCUT2D eigenvalue weighted by atomic mass is 32.1. The average Bonchev–Trinajstić information content (AvgIpc) is 3.22. The molecule has 1 N–H and O–H groups in total. The molecule has 0 saturated heterocycles. The smallest absolute Gasteiger partial charge is 0.278 e. The van der Waals surface area contributed by atoms with Crippen molar-refractivity contribution in [1.82, 2.24) is 4.90 Å². The van der Waals surface area contributed by atoms with Crippen molar-refractivity contribution in [3.05, 3.63) is 46.3 Å². The molecule has 0 unspecified atom stereocenters. The van der Waals surface area contributed by atoms with Gasteiger partial charge in [-0.15, -0.1) is 11.3 Å². The zero-order chi connectivity index (χ0) is 18.3. The van der Waals surface area contributed by atoms with Crippen LogP contribution in [0.15, 0.2) is 41.4 Å². The minimum absolute atomic E-state index is 0.218. The molecule has 2 aromatic rings. The molecule has 0 fully saturated rings. The highest BCUT2D eigenvalue weighted by molar-refractivity contribution is 7.11. The summed E-state index contributed by atoms with van der Waals surface area (Å²) in [4.78, 5) is 27.8. The zero-order valence-corrected chi connectivity index (χ0v) is 15.3. The SMILES string of the molecule is CC(C)N1C(=O)C(Nc2ccc3c(c2)OCCO3)=C(c2cccs2)C1=O. The number of ether oxygens (including phenoxy) is 2. The maximum absolute atomic E-state index is 12.9. The van der Waals surface area contributed by atoms with Crippen molar-refractivity contribution in [3.63, 3.8) is 0 Å². The van der Waals surface area contributed by atoms with E-state index in [1.807, 2.05) is 37.4 Å². The molecule has 0 saturated carbocycles. The van der Waals surface area contributed by atoms with Gasteiger partial charge in [0.15, 0.2) is 11.5 Å². The third-order valence-corrected chi connectivity index (χ3v) is 5.10. The van der Waals surface area contributed by atoms with Crippen molar-refractivity contribution >= 4 is 34.4 Å². The molecule has 7 heteroatoms. The van der Waals surface area contributed by atoms with Gasteiger partial charge in [-0.25, -0.2) is 0 Å². The molecule has 4 rings (SSSR count). The second kappa shape index (κ2) is 6.49. The number of nitrogens with zero attached hydrogens (tertiary/aromatic N) is 1. The molecule has 0 radical (unpaired) electrons. The number of thiophene rings is 1. The monoisotopic (exact) mass is 370 g/mol. The van der Waals surface area contributed by atoms with Gasteiger partial charge >= 0.3 is 0 Å². The lowest BCUT2D eigenvalue weighted by Gasteiger charge is -2.20. The molecule has 2 amide bonds. The van der Waals surface area contributed by atoms with Gasteiger partial charge in [-0.1, -0.05) is 6.07 Å². The summed E-state index contributed by atoms with van der Waals surface area (Å²) in [5.74, 6) is 0.708. The number of imide groups is 1. The Labute approximate surface area is 155 Å². The van der Waals surface area contributed by atoms with Crippen molar-refractivity contribution in [3.8, 4) is 11.5 Å². The van der Waals surface area contributed by atoms with E-state index >= 15 is 0 Å². The van der Waals surface area contributed by atoms with Crippen molar-refractivity contribution in [2.45, 2.75) is 19.9 Å². The topological polar surface area (TPSA) is 67.9 Å². The lowest BCUT2D eigenvalue weighted by atomic mass is 10.1. The van der Waals surface area contributed by atoms with Crippen molar-refractivity contribution in [1.29, 1.82) is 0 Å². The van der Waals surface area contributed by atoms with Gasteiger partial charge in [-0.3, -0.25) is 14.5 Å². The predicted octanol–water partition coefficient (Wildman–Crippen LogP) is 3.12. The summed E-state index contributed by atoms with van der Waals surface area (Å²) in [6, 6.07) is 8.88. The summed E-state index contributed by atoms with van der Waals surface area (Å²) in [7, 11) is 0. The van der Waals surface area contributed by atoms with Crippen LogP contribution in [0.2, 0.25) is 0 Å². The van der Waals surface area contributed by atoms with E-state index < -0.39 is 0 Å². The second-order valence-corrected chi connectivity index (χ2v) is 7.23. The first-order valence-electron chi connectivity index (χ1n) is 8.39. The molecule has 0 spiro atoms. The summed E-state index contributed by atoms with van der Waals surface area (Å²) in [6.07, 6.45) is 0. The number of carbonyl (C=O) groups is 2. The van der Waals surface area contributed by atoms with Crippen LogP contribution in [-0.4, -0.2) is 36.0 Å². The zero-order valence-electron chi connectivity index (χ0n) is 14.4. The Bertz CT molecular complexity index is 902. The highest BCUT2D eigenvalue weighted by Gasteiger charge is 2.41. The van der Waals surface area contributed by atoms with Gasteiger partial charge in [0.1, 0.15) is 18.9 Å². The Hall–Kier alpha value is -2.80. The lowest BCUT2D eigenvalue weighted by molar-refractivity contribution is -0.138. The van der Waals surface area contributed by atoms with Crippen molar-refractivity contribution in [2.75, 3.05) is 18.5 Å². The van der Waals surface area contributed by atoms with E-state index in [4.69, 9.17) is 9.47 Å². The van der Waals surface area contributed by atoms with Gasteiger partial charge in [-0.05, 0) is 37.4 Å². The fourth-order valence-corrected chi connectivity index (χ4v) is 3.81. The molecular formula is C19H18N2O4S. The number of benzene rings is 1. The summed E-state index contributed by atoms with van der Waals surface area (Å²) in [5.41, 5.74) is 1.38. The number of anilines is 1. The molecule has 1 aromatic carbocycles. The molecule has 1 aromatic heterocycles. The molecule has 6 nitrogen and oxygen atoms in total. The second-order valence-electron chi connectivity index (χ2n) is 6.28. The fraction of sp³-hybridized carbons (Fsp3) is 0.263. The van der Waals surface area contributed by atoms with Gasteiger partial charge in [-0.2, -0.15) is 0 Å². The summed E-state index contributed by atoms with van der Waals surface area (Å²) in [6.45, 7) is 4.66. The molecule has 2 aliphatic heterocycles. The molecule has 0 atom stereocenters. The molecule has 0 bridgehead atoms. The molecule has 2 aliphatic rings. The third kappa shape index (κ3) is 2.74. The minimum atomic E-state index is -0.316. The fourth-order valence-electron chi connectivity index (χ4n) is 3.05. The number of rotatable bonds is 4. The van der Waals surface area contributed by atoms with E-state index in [1.54, 1.807) is 12.1 Å². The minimum Gasteiger partial charge on any atom is -0.486 e. The number of fused-ring (bicyclic) bond motifs is 1. The van der Waals surface area contributed by atoms with E-state index in [-0.39, 0.29) is 17.9 Å². The molecule has 26 heavy (non-hydrogen) atoms. The van der Waals surface area contributed by atoms with Gasteiger partial charge in [0.05, 0.1) is 5.57 Å². The predicted molar refractivity (Wildman–Crippen MR) is 99.3 cm³/mol.